The van der Waals surface area contributed by atoms with Gasteiger partial charge in [0.05, 0.1) is 5.56 Å². The second-order valence-electron chi connectivity index (χ2n) is 13.2. The Kier molecular flexibility index (Phi) is 5.92. The Labute approximate surface area is 293 Å². The molecule has 0 amide bonds. The molecule has 0 atom stereocenters. The maximum atomic E-state index is 6.88. The fourth-order valence-electron chi connectivity index (χ4n) is 7.83. The molecule has 0 saturated carbocycles. The molecule has 0 aliphatic heterocycles. The van der Waals surface area contributed by atoms with Crippen LogP contribution in [0.1, 0.15) is 0 Å². The normalized spacial score (nSPS) is 11.9. The zero-order valence-corrected chi connectivity index (χ0v) is 27.3. The predicted octanol–water partition coefficient (Wildman–Crippen LogP) is 12.4. The second kappa shape index (κ2) is 10.8. The van der Waals surface area contributed by atoms with E-state index in [9.17, 15) is 0 Å². The maximum Gasteiger partial charge on any atom is 0.167 e. The second-order valence-corrected chi connectivity index (χ2v) is 13.2. The van der Waals surface area contributed by atoms with E-state index in [1.54, 1.807) is 0 Å². The Bertz CT molecular complexity index is 3020. The third-order valence-corrected chi connectivity index (χ3v) is 10.2. The van der Waals surface area contributed by atoms with Crippen molar-refractivity contribution in [1.82, 2.24) is 15.0 Å². The van der Waals surface area contributed by atoms with Crippen LogP contribution in [0.4, 0.5) is 0 Å². The molecule has 2 heterocycles. The number of para-hydroxylation sites is 1. The van der Waals surface area contributed by atoms with Gasteiger partial charge in [0.25, 0.3) is 0 Å². The summed E-state index contributed by atoms with van der Waals surface area (Å²) in [5.41, 5.74) is 11.8. The lowest BCUT2D eigenvalue weighted by Crippen LogP contribution is -2.00. The van der Waals surface area contributed by atoms with E-state index in [-0.39, 0.29) is 0 Å². The summed E-state index contributed by atoms with van der Waals surface area (Å²) in [6.45, 7) is 0. The summed E-state index contributed by atoms with van der Waals surface area (Å²) >= 11 is 0. The summed E-state index contributed by atoms with van der Waals surface area (Å²) in [6.07, 6.45) is 0. The standard InChI is InChI=1S/C47H27N3O/c1-3-11-28(12-4-1)30-21-22-32-26-33(24-23-31(32)25-30)46-48-45(29-13-5-2-6-14-29)49-47(50-46)39-20-10-18-37-41-27-40-35-16-8-7-15-34(35)36-17-9-19-38(42(36)40)44(41)51-43(37)39/h1-27H. The highest BCUT2D eigenvalue weighted by Gasteiger charge is 2.25. The van der Waals surface area contributed by atoms with E-state index in [2.05, 4.69) is 127 Å². The van der Waals surface area contributed by atoms with Crippen LogP contribution in [0.3, 0.4) is 0 Å². The van der Waals surface area contributed by atoms with Crippen LogP contribution in [0, 0.1) is 0 Å². The minimum absolute atomic E-state index is 0.575. The monoisotopic (exact) mass is 649 g/mol. The van der Waals surface area contributed by atoms with Crippen molar-refractivity contribution in [3.05, 3.63) is 164 Å². The number of nitrogens with zero attached hydrogens (tertiary/aromatic N) is 3. The van der Waals surface area contributed by atoms with Crippen LogP contribution in [0.25, 0.3) is 111 Å². The van der Waals surface area contributed by atoms with Gasteiger partial charge in [-0.05, 0) is 68.4 Å². The van der Waals surface area contributed by atoms with Crippen molar-refractivity contribution >= 4 is 43.5 Å². The highest BCUT2D eigenvalue weighted by Crippen LogP contribution is 2.51. The first-order valence-corrected chi connectivity index (χ1v) is 17.2. The van der Waals surface area contributed by atoms with Crippen LogP contribution >= 0.6 is 0 Å². The fraction of sp³-hybridized carbons (Fsp3) is 0. The number of rotatable bonds is 4. The number of benzene rings is 8. The van der Waals surface area contributed by atoms with Crippen LogP contribution in [-0.2, 0) is 0 Å². The zero-order chi connectivity index (χ0) is 33.5. The van der Waals surface area contributed by atoms with Gasteiger partial charge >= 0.3 is 0 Å². The van der Waals surface area contributed by atoms with E-state index >= 15 is 0 Å². The molecule has 2 aromatic heterocycles. The maximum absolute atomic E-state index is 6.88. The average molecular weight is 650 g/mol. The minimum atomic E-state index is 0.575. The number of aromatic nitrogens is 3. The minimum Gasteiger partial charge on any atom is -0.455 e. The highest BCUT2D eigenvalue weighted by atomic mass is 16.3. The molecule has 8 aromatic carbocycles. The SMILES string of the molecule is c1ccc(-c2ccc3cc(-c4nc(-c5ccccc5)nc(-c5cccc6c5oc5c7cccc8c7c(cc65)-c5ccccc5-8)n4)ccc3c2)cc1. The number of fused-ring (bicyclic) bond motifs is 8. The molecule has 11 rings (SSSR count). The molecule has 0 N–H and O–H groups in total. The van der Waals surface area contributed by atoms with Crippen molar-refractivity contribution in [2.75, 3.05) is 0 Å². The molecule has 0 radical (unpaired) electrons. The van der Waals surface area contributed by atoms with Crippen LogP contribution < -0.4 is 0 Å². The molecule has 0 saturated heterocycles. The van der Waals surface area contributed by atoms with Gasteiger partial charge in [-0.1, -0.05) is 140 Å². The molecular weight excluding hydrogens is 623 g/mol. The van der Waals surface area contributed by atoms with Crippen LogP contribution in [0.15, 0.2) is 168 Å². The van der Waals surface area contributed by atoms with Crippen molar-refractivity contribution < 1.29 is 4.42 Å². The van der Waals surface area contributed by atoms with Crippen molar-refractivity contribution in [3.63, 3.8) is 0 Å². The van der Waals surface area contributed by atoms with Gasteiger partial charge in [-0.3, -0.25) is 0 Å². The Morgan fingerprint density at radius 2 is 0.882 bits per heavy atom. The van der Waals surface area contributed by atoms with Gasteiger partial charge in [0.2, 0.25) is 0 Å². The van der Waals surface area contributed by atoms with E-state index in [1.165, 1.54) is 38.8 Å². The molecular formula is C47H27N3O. The Morgan fingerprint density at radius 3 is 1.65 bits per heavy atom. The van der Waals surface area contributed by atoms with Crippen molar-refractivity contribution in [2.45, 2.75) is 0 Å². The summed E-state index contributed by atoms with van der Waals surface area (Å²) in [7, 11) is 0. The molecule has 1 aliphatic carbocycles. The number of hydrogen-bond acceptors (Lipinski definition) is 4. The molecule has 51 heavy (non-hydrogen) atoms. The average Bonchev–Trinajstić information content (AvgIpc) is 3.75. The summed E-state index contributed by atoms with van der Waals surface area (Å²) in [5, 5.41) is 6.78. The number of furan rings is 1. The van der Waals surface area contributed by atoms with E-state index in [0.29, 0.717) is 17.5 Å². The predicted molar refractivity (Wildman–Crippen MR) is 208 cm³/mol. The Hall–Kier alpha value is -6.91. The summed E-state index contributed by atoms with van der Waals surface area (Å²) in [5.74, 6) is 1.81. The van der Waals surface area contributed by atoms with Crippen LogP contribution in [0.2, 0.25) is 0 Å². The van der Waals surface area contributed by atoms with Gasteiger partial charge in [-0.2, -0.15) is 0 Å². The molecule has 10 aromatic rings. The fourth-order valence-corrected chi connectivity index (χ4v) is 7.83. The Balaban J connectivity index is 1.11. The van der Waals surface area contributed by atoms with Gasteiger partial charge in [0.15, 0.2) is 17.5 Å². The van der Waals surface area contributed by atoms with Gasteiger partial charge in [0.1, 0.15) is 11.2 Å². The smallest absolute Gasteiger partial charge is 0.167 e. The molecule has 4 heteroatoms. The first-order chi connectivity index (χ1) is 25.3. The van der Waals surface area contributed by atoms with E-state index < -0.39 is 0 Å². The van der Waals surface area contributed by atoms with E-state index in [0.717, 1.165) is 54.8 Å². The molecule has 0 fully saturated rings. The molecule has 0 bridgehead atoms. The van der Waals surface area contributed by atoms with E-state index in [1.807, 2.05) is 36.4 Å². The number of hydrogen-bond donors (Lipinski definition) is 0. The molecule has 4 nitrogen and oxygen atoms in total. The Morgan fingerprint density at radius 1 is 0.314 bits per heavy atom. The van der Waals surface area contributed by atoms with Crippen molar-refractivity contribution in [2.24, 2.45) is 0 Å². The third kappa shape index (κ3) is 4.30. The first-order valence-electron chi connectivity index (χ1n) is 17.2. The largest absolute Gasteiger partial charge is 0.455 e. The lowest BCUT2D eigenvalue weighted by molar-refractivity contribution is 0.673. The topological polar surface area (TPSA) is 51.8 Å². The molecule has 236 valence electrons. The molecule has 0 spiro atoms. The third-order valence-electron chi connectivity index (χ3n) is 10.2. The quantitative estimate of drug-likeness (QED) is 0.190. The summed E-state index contributed by atoms with van der Waals surface area (Å²) in [4.78, 5) is 15.3. The zero-order valence-electron chi connectivity index (χ0n) is 27.3. The van der Waals surface area contributed by atoms with Crippen molar-refractivity contribution in [1.29, 1.82) is 0 Å². The van der Waals surface area contributed by atoms with Gasteiger partial charge in [0, 0.05) is 32.7 Å². The first kappa shape index (κ1) is 28.0. The van der Waals surface area contributed by atoms with E-state index in [4.69, 9.17) is 19.4 Å². The van der Waals surface area contributed by atoms with Gasteiger partial charge < -0.3 is 4.42 Å². The highest BCUT2D eigenvalue weighted by molar-refractivity contribution is 6.26. The lowest BCUT2D eigenvalue weighted by atomic mass is 9.99. The van der Waals surface area contributed by atoms with Crippen LogP contribution in [-0.4, -0.2) is 15.0 Å². The lowest BCUT2D eigenvalue weighted by Gasteiger charge is -2.10. The summed E-state index contributed by atoms with van der Waals surface area (Å²) in [6, 6.07) is 57.3. The summed E-state index contributed by atoms with van der Waals surface area (Å²) < 4.78 is 6.88. The van der Waals surface area contributed by atoms with Gasteiger partial charge in [-0.15, -0.1) is 0 Å². The molecule has 0 unspecified atom stereocenters. The van der Waals surface area contributed by atoms with Crippen LogP contribution in [0.5, 0.6) is 0 Å². The van der Waals surface area contributed by atoms with Crippen molar-refractivity contribution in [3.8, 4) is 67.5 Å². The molecule has 1 aliphatic rings. The van der Waals surface area contributed by atoms with Gasteiger partial charge in [-0.25, -0.2) is 15.0 Å².